The number of nitrogens with one attached hydrogen (secondary N) is 1. The molecule has 1 fully saturated rings. The van der Waals surface area contributed by atoms with Gasteiger partial charge in [0.25, 0.3) is 0 Å². The molecule has 0 saturated carbocycles. The van der Waals surface area contributed by atoms with E-state index in [-0.39, 0.29) is 24.6 Å². The lowest BCUT2D eigenvalue weighted by Gasteiger charge is -2.21. The van der Waals surface area contributed by atoms with E-state index < -0.39 is 5.60 Å². The number of amides is 1. The van der Waals surface area contributed by atoms with Gasteiger partial charge in [-0.2, -0.15) is 10.4 Å². The van der Waals surface area contributed by atoms with Crippen molar-refractivity contribution >= 4 is 23.2 Å². The quantitative estimate of drug-likeness (QED) is 0.726. The number of anilines is 1. The van der Waals surface area contributed by atoms with Crippen LogP contribution in [0.1, 0.15) is 51.6 Å². The molecule has 2 unspecified atom stereocenters. The highest BCUT2D eigenvalue weighted by Gasteiger charge is 2.45. The molecule has 2 atom stereocenters. The first-order valence-corrected chi connectivity index (χ1v) is 9.40. The van der Waals surface area contributed by atoms with Crippen molar-refractivity contribution in [2.45, 2.75) is 57.7 Å². The molecule has 0 bridgehead atoms. The molecule has 9 nitrogen and oxygen atoms in total. The minimum atomic E-state index is -1.20. The van der Waals surface area contributed by atoms with Crippen LogP contribution >= 0.6 is 0 Å². The molecule has 0 aromatic carbocycles. The van der Waals surface area contributed by atoms with Crippen LogP contribution in [0.25, 0.3) is 5.52 Å². The summed E-state index contributed by atoms with van der Waals surface area (Å²) in [4.78, 5) is 27.5. The van der Waals surface area contributed by atoms with Gasteiger partial charge in [0.05, 0.1) is 11.8 Å². The Hall–Kier alpha value is -2.99. The second kappa shape index (κ2) is 8.35. The number of hydrogen-bond acceptors (Lipinski definition) is 7. The Balaban J connectivity index is 1.85. The van der Waals surface area contributed by atoms with Crippen LogP contribution in [-0.4, -0.2) is 39.2 Å². The number of fused-ring (bicyclic) bond motifs is 1. The Labute approximate surface area is 162 Å². The van der Waals surface area contributed by atoms with E-state index in [9.17, 15) is 14.9 Å². The average molecular weight is 385 g/mol. The van der Waals surface area contributed by atoms with E-state index in [1.807, 2.05) is 6.92 Å². The van der Waals surface area contributed by atoms with E-state index in [1.54, 1.807) is 23.6 Å². The van der Waals surface area contributed by atoms with E-state index in [0.717, 1.165) is 6.42 Å². The summed E-state index contributed by atoms with van der Waals surface area (Å²) < 4.78 is 12.7. The summed E-state index contributed by atoms with van der Waals surface area (Å²) in [7, 11) is 0. The molecule has 0 aliphatic carbocycles. The molecule has 1 aliphatic heterocycles. The normalized spacial score (nSPS) is 21.4. The van der Waals surface area contributed by atoms with Gasteiger partial charge in [0.15, 0.2) is 11.4 Å². The van der Waals surface area contributed by atoms with Gasteiger partial charge >= 0.3 is 5.97 Å². The van der Waals surface area contributed by atoms with Gasteiger partial charge in [0.2, 0.25) is 5.91 Å². The summed E-state index contributed by atoms with van der Waals surface area (Å²) in [5.41, 5.74) is -0.0573. The average Bonchev–Trinajstić information content (AvgIpc) is 3.32. The molecule has 9 heteroatoms. The molecule has 1 aliphatic rings. The van der Waals surface area contributed by atoms with Crippen LogP contribution in [0.2, 0.25) is 0 Å². The third-order valence-corrected chi connectivity index (χ3v) is 4.69. The summed E-state index contributed by atoms with van der Waals surface area (Å²) in [5, 5.41) is 16.9. The molecular weight excluding hydrogens is 362 g/mol. The Morgan fingerprint density at radius 3 is 3.00 bits per heavy atom. The SMILES string of the molecule is CCCC(=O)Nc1ncnn2c(C3(C#N)CCC(COC(=O)CC)O3)ccc12. The summed E-state index contributed by atoms with van der Waals surface area (Å²) >= 11 is 0. The van der Waals surface area contributed by atoms with Crippen molar-refractivity contribution in [2.75, 3.05) is 11.9 Å². The smallest absolute Gasteiger partial charge is 0.305 e. The zero-order chi connectivity index (χ0) is 20.1. The Morgan fingerprint density at radius 1 is 1.46 bits per heavy atom. The van der Waals surface area contributed by atoms with Gasteiger partial charge in [-0.15, -0.1) is 0 Å². The highest BCUT2D eigenvalue weighted by molar-refractivity contribution is 5.93. The molecule has 28 heavy (non-hydrogen) atoms. The first-order chi connectivity index (χ1) is 13.5. The Bertz CT molecular complexity index is 919. The molecular formula is C19H23N5O4. The summed E-state index contributed by atoms with van der Waals surface area (Å²) in [6, 6.07) is 5.76. The maximum absolute atomic E-state index is 11.9. The zero-order valence-electron chi connectivity index (χ0n) is 16.0. The van der Waals surface area contributed by atoms with Crippen molar-refractivity contribution in [3.05, 3.63) is 24.2 Å². The van der Waals surface area contributed by atoms with E-state index in [4.69, 9.17) is 9.47 Å². The molecule has 2 aromatic heterocycles. The van der Waals surface area contributed by atoms with Crippen molar-refractivity contribution in [3.8, 4) is 6.07 Å². The number of aromatic nitrogens is 3. The Morgan fingerprint density at radius 2 is 2.29 bits per heavy atom. The first-order valence-electron chi connectivity index (χ1n) is 9.40. The van der Waals surface area contributed by atoms with Crippen molar-refractivity contribution in [3.63, 3.8) is 0 Å². The second-order valence-corrected chi connectivity index (χ2v) is 6.68. The van der Waals surface area contributed by atoms with Crippen LogP contribution < -0.4 is 5.32 Å². The van der Waals surface area contributed by atoms with Crippen LogP contribution in [0.4, 0.5) is 5.82 Å². The number of carbonyl (C=O) groups is 2. The van der Waals surface area contributed by atoms with Crippen LogP contribution in [-0.2, 0) is 24.7 Å². The van der Waals surface area contributed by atoms with Gasteiger partial charge in [-0.3, -0.25) is 9.59 Å². The second-order valence-electron chi connectivity index (χ2n) is 6.68. The molecule has 3 heterocycles. The number of rotatable bonds is 7. The lowest BCUT2D eigenvalue weighted by molar-refractivity contribution is -0.148. The van der Waals surface area contributed by atoms with Crippen LogP contribution in [0.5, 0.6) is 0 Å². The first kappa shape index (κ1) is 19.8. The van der Waals surface area contributed by atoms with Crippen LogP contribution in [0.15, 0.2) is 18.5 Å². The number of nitrogens with zero attached hydrogens (tertiary/aromatic N) is 4. The van der Waals surface area contributed by atoms with Gasteiger partial charge < -0.3 is 14.8 Å². The van der Waals surface area contributed by atoms with E-state index in [2.05, 4.69) is 21.5 Å². The molecule has 0 spiro atoms. The summed E-state index contributed by atoms with van der Waals surface area (Å²) in [6.45, 7) is 3.76. The van der Waals surface area contributed by atoms with Crippen LogP contribution in [0.3, 0.4) is 0 Å². The van der Waals surface area contributed by atoms with E-state index in [0.29, 0.717) is 42.7 Å². The zero-order valence-corrected chi connectivity index (χ0v) is 16.0. The lowest BCUT2D eigenvalue weighted by atomic mass is 9.98. The summed E-state index contributed by atoms with van der Waals surface area (Å²) in [6.07, 6.45) is 3.43. The van der Waals surface area contributed by atoms with E-state index >= 15 is 0 Å². The minimum Gasteiger partial charge on any atom is -0.463 e. The van der Waals surface area contributed by atoms with Gasteiger partial charge in [0, 0.05) is 12.8 Å². The van der Waals surface area contributed by atoms with Gasteiger partial charge in [0.1, 0.15) is 24.5 Å². The number of carbonyl (C=O) groups excluding carboxylic acids is 2. The highest BCUT2D eigenvalue weighted by atomic mass is 16.6. The third-order valence-electron chi connectivity index (χ3n) is 4.69. The van der Waals surface area contributed by atoms with Crippen molar-refractivity contribution in [2.24, 2.45) is 0 Å². The maximum Gasteiger partial charge on any atom is 0.305 e. The molecule has 1 N–H and O–H groups in total. The largest absolute Gasteiger partial charge is 0.463 e. The Kier molecular flexibility index (Phi) is 5.90. The van der Waals surface area contributed by atoms with Crippen molar-refractivity contribution < 1.29 is 19.1 Å². The van der Waals surface area contributed by atoms with E-state index in [1.165, 1.54) is 6.33 Å². The third kappa shape index (κ3) is 3.82. The fraction of sp³-hybridized carbons (Fsp3) is 0.526. The van der Waals surface area contributed by atoms with Gasteiger partial charge in [-0.1, -0.05) is 13.8 Å². The van der Waals surface area contributed by atoms with Gasteiger partial charge in [-0.05, 0) is 31.4 Å². The van der Waals surface area contributed by atoms with Crippen molar-refractivity contribution in [1.29, 1.82) is 5.26 Å². The van der Waals surface area contributed by atoms with Crippen molar-refractivity contribution in [1.82, 2.24) is 14.6 Å². The maximum atomic E-state index is 11.9. The predicted molar refractivity (Wildman–Crippen MR) is 99.2 cm³/mol. The van der Waals surface area contributed by atoms with Gasteiger partial charge in [-0.25, -0.2) is 9.50 Å². The molecule has 1 saturated heterocycles. The monoisotopic (exact) mass is 385 g/mol. The highest BCUT2D eigenvalue weighted by Crippen LogP contribution is 2.40. The fourth-order valence-electron chi connectivity index (χ4n) is 3.26. The minimum absolute atomic E-state index is 0.118. The number of esters is 1. The standard InChI is InChI=1S/C19H23N5O4/c1-3-5-16(25)23-18-14-6-7-15(24(14)22-12-21-18)19(11-20)9-8-13(28-19)10-27-17(26)4-2/h6-7,12-13H,3-5,8-10H2,1-2H3,(H,21,22,23,25). The molecule has 1 amide bonds. The summed E-state index contributed by atoms with van der Waals surface area (Å²) in [5.74, 6) is -0.0404. The number of hydrogen-bond donors (Lipinski definition) is 1. The number of ether oxygens (including phenoxy) is 2. The topological polar surface area (TPSA) is 119 Å². The molecule has 0 radical (unpaired) electrons. The fourth-order valence-corrected chi connectivity index (χ4v) is 3.26. The molecule has 148 valence electrons. The molecule has 3 rings (SSSR count). The number of nitriles is 1. The predicted octanol–water partition coefficient (Wildman–Crippen LogP) is 2.32. The molecule has 2 aromatic rings. The lowest BCUT2D eigenvalue weighted by Crippen LogP contribution is -2.28. The van der Waals surface area contributed by atoms with Crippen LogP contribution in [0, 0.1) is 11.3 Å².